The first kappa shape index (κ1) is 21.1. The van der Waals surface area contributed by atoms with Crippen molar-refractivity contribution in [3.8, 4) is 0 Å². The lowest BCUT2D eigenvalue weighted by molar-refractivity contribution is -0.146. The highest BCUT2D eigenvalue weighted by atomic mass is 35.5. The molecule has 2 aliphatic heterocycles. The number of H-pyrrole nitrogens is 1. The number of amides is 2. The summed E-state index contributed by atoms with van der Waals surface area (Å²) in [6.07, 6.45) is 0.296. The summed E-state index contributed by atoms with van der Waals surface area (Å²) in [5.74, 6) is -0.547. The van der Waals surface area contributed by atoms with E-state index in [0.29, 0.717) is 55.2 Å². The van der Waals surface area contributed by atoms with E-state index in [0.717, 1.165) is 0 Å². The fraction of sp³-hybridized carbons (Fsp3) is 0.474. The molecule has 2 N–H and O–H groups in total. The summed E-state index contributed by atoms with van der Waals surface area (Å²) in [7, 11) is -3.95. The minimum atomic E-state index is -3.95. The zero-order valence-electron chi connectivity index (χ0n) is 16.4. The number of benzene rings is 1. The van der Waals surface area contributed by atoms with Crippen LogP contribution in [0.2, 0.25) is 5.02 Å². The van der Waals surface area contributed by atoms with Crippen molar-refractivity contribution in [3.63, 3.8) is 0 Å². The third-order valence-corrected chi connectivity index (χ3v) is 7.16. The van der Waals surface area contributed by atoms with E-state index in [4.69, 9.17) is 16.3 Å². The Hall–Kier alpha value is -2.14. The SMILES string of the molecule is C[C@@H](C(=O)N1CCOCC1)N1CC[C@H](NS(=O)(=O)c2cc3ccc(Cl)cc3[nH]2)C1=O. The second-order valence-electron chi connectivity index (χ2n) is 7.47. The number of rotatable bonds is 5. The van der Waals surface area contributed by atoms with Crippen LogP contribution in [0, 0.1) is 0 Å². The molecule has 0 spiro atoms. The molecule has 2 saturated heterocycles. The first-order valence-corrected chi connectivity index (χ1v) is 11.6. The van der Waals surface area contributed by atoms with Crippen LogP contribution >= 0.6 is 11.6 Å². The Labute approximate surface area is 179 Å². The number of sulfonamides is 1. The van der Waals surface area contributed by atoms with Gasteiger partial charge in [-0.25, -0.2) is 8.42 Å². The summed E-state index contributed by atoms with van der Waals surface area (Å²) >= 11 is 5.95. The molecule has 3 heterocycles. The Kier molecular flexibility index (Phi) is 5.75. The Morgan fingerprint density at radius 3 is 2.73 bits per heavy atom. The number of fused-ring (bicyclic) bond motifs is 1. The third kappa shape index (κ3) is 4.04. The Morgan fingerprint density at radius 1 is 1.27 bits per heavy atom. The Bertz CT molecular complexity index is 1080. The maximum Gasteiger partial charge on any atom is 0.256 e. The number of ether oxygens (including phenoxy) is 1. The van der Waals surface area contributed by atoms with E-state index >= 15 is 0 Å². The predicted molar refractivity (Wildman–Crippen MR) is 111 cm³/mol. The summed E-state index contributed by atoms with van der Waals surface area (Å²) in [6.45, 7) is 3.92. The molecule has 2 aliphatic rings. The molecule has 4 rings (SSSR count). The van der Waals surface area contributed by atoms with Gasteiger partial charge in [-0.2, -0.15) is 4.72 Å². The van der Waals surface area contributed by atoms with Crippen LogP contribution in [0.4, 0.5) is 0 Å². The van der Waals surface area contributed by atoms with Crippen LogP contribution in [0.25, 0.3) is 10.9 Å². The van der Waals surface area contributed by atoms with Crippen LogP contribution in [-0.2, 0) is 24.3 Å². The Morgan fingerprint density at radius 2 is 2.00 bits per heavy atom. The molecular formula is C19H23ClN4O5S. The van der Waals surface area contributed by atoms with Crippen molar-refractivity contribution in [1.29, 1.82) is 0 Å². The van der Waals surface area contributed by atoms with Crippen molar-refractivity contribution in [3.05, 3.63) is 29.3 Å². The van der Waals surface area contributed by atoms with Gasteiger partial charge < -0.3 is 19.5 Å². The van der Waals surface area contributed by atoms with Gasteiger partial charge in [-0.3, -0.25) is 9.59 Å². The molecule has 1 aromatic carbocycles. The van der Waals surface area contributed by atoms with Crippen LogP contribution in [-0.4, -0.2) is 79.9 Å². The first-order valence-electron chi connectivity index (χ1n) is 9.74. The van der Waals surface area contributed by atoms with Crippen molar-refractivity contribution in [1.82, 2.24) is 19.5 Å². The van der Waals surface area contributed by atoms with E-state index in [1.165, 1.54) is 11.0 Å². The summed E-state index contributed by atoms with van der Waals surface area (Å²) in [5, 5.41) is 1.15. The molecule has 2 atom stereocenters. The van der Waals surface area contributed by atoms with E-state index in [1.54, 1.807) is 30.0 Å². The second kappa shape index (κ2) is 8.18. The zero-order chi connectivity index (χ0) is 21.5. The quantitative estimate of drug-likeness (QED) is 0.698. The van der Waals surface area contributed by atoms with Gasteiger partial charge in [0.1, 0.15) is 17.1 Å². The first-order chi connectivity index (χ1) is 14.3. The number of carbonyl (C=O) groups excluding carboxylic acids is 2. The van der Waals surface area contributed by atoms with Gasteiger partial charge in [-0.1, -0.05) is 17.7 Å². The number of hydrogen-bond donors (Lipinski definition) is 2. The monoisotopic (exact) mass is 454 g/mol. The average Bonchev–Trinajstić information content (AvgIpc) is 3.31. The summed E-state index contributed by atoms with van der Waals surface area (Å²) in [4.78, 5) is 31.5. The van der Waals surface area contributed by atoms with Gasteiger partial charge in [-0.05, 0) is 31.5 Å². The highest BCUT2D eigenvalue weighted by Crippen LogP contribution is 2.24. The highest BCUT2D eigenvalue weighted by Gasteiger charge is 2.40. The van der Waals surface area contributed by atoms with E-state index in [1.807, 2.05) is 0 Å². The number of likely N-dealkylation sites (tertiary alicyclic amines) is 1. The van der Waals surface area contributed by atoms with Gasteiger partial charge in [0.15, 0.2) is 0 Å². The lowest BCUT2D eigenvalue weighted by atomic mass is 10.2. The minimum absolute atomic E-state index is 0.0385. The van der Waals surface area contributed by atoms with Crippen LogP contribution in [0.3, 0.4) is 0 Å². The van der Waals surface area contributed by atoms with Gasteiger partial charge in [0, 0.05) is 35.6 Å². The summed E-state index contributed by atoms with van der Waals surface area (Å²) in [6, 6.07) is 4.96. The average molecular weight is 455 g/mol. The summed E-state index contributed by atoms with van der Waals surface area (Å²) in [5.41, 5.74) is 0.590. The number of morpholine rings is 1. The maximum atomic E-state index is 12.8. The molecule has 2 amide bonds. The largest absolute Gasteiger partial charge is 0.378 e. The standard InChI is InChI=1S/C19H23ClN4O5S/c1-12(18(25)23-6-8-29-9-7-23)24-5-4-15(19(24)26)22-30(27,28)17-10-13-2-3-14(20)11-16(13)21-17/h2-3,10-12,15,21-22H,4-9H2,1H3/t12-,15-/m0/s1. The Balaban J connectivity index is 1.45. The highest BCUT2D eigenvalue weighted by molar-refractivity contribution is 7.89. The number of nitrogens with one attached hydrogen (secondary N) is 2. The number of hydrogen-bond acceptors (Lipinski definition) is 5. The maximum absolute atomic E-state index is 12.8. The van der Waals surface area contributed by atoms with Crippen LogP contribution < -0.4 is 4.72 Å². The molecule has 9 nitrogen and oxygen atoms in total. The molecule has 0 unspecified atom stereocenters. The van der Waals surface area contributed by atoms with Crippen molar-refractivity contribution >= 4 is 44.3 Å². The molecule has 0 bridgehead atoms. The molecule has 162 valence electrons. The fourth-order valence-electron chi connectivity index (χ4n) is 3.85. The number of halogens is 1. The number of nitrogens with zero attached hydrogens (tertiary/aromatic N) is 2. The molecule has 11 heteroatoms. The predicted octanol–water partition coefficient (Wildman–Crippen LogP) is 0.948. The van der Waals surface area contributed by atoms with Crippen molar-refractivity contribution in [2.24, 2.45) is 0 Å². The van der Waals surface area contributed by atoms with Gasteiger partial charge in [0.05, 0.1) is 13.2 Å². The number of aromatic amines is 1. The normalized spacial score (nSPS) is 21.4. The zero-order valence-corrected chi connectivity index (χ0v) is 18.0. The molecule has 2 fully saturated rings. The van der Waals surface area contributed by atoms with E-state index < -0.39 is 28.0 Å². The van der Waals surface area contributed by atoms with E-state index in [9.17, 15) is 18.0 Å². The van der Waals surface area contributed by atoms with Gasteiger partial charge >= 0.3 is 0 Å². The van der Waals surface area contributed by atoms with Gasteiger partial charge in [-0.15, -0.1) is 0 Å². The van der Waals surface area contributed by atoms with Crippen molar-refractivity contribution < 1.29 is 22.7 Å². The van der Waals surface area contributed by atoms with Crippen LogP contribution in [0.5, 0.6) is 0 Å². The minimum Gasteiger partial charge on any atom is -0.378 e. The second-order valence-corrected chi connectivity index (χ2v) is 9.59. The number of carbonyl (C=O) groups is 2. The molecule has 0 aliphatic carbocycles. The van der Waals surface area contributed by atoms with E-state index in [2.05, 4.69) is 9.71 Å². The molecule has 2 aromatic rings. The molecule has 30 heavy (non-hydrogen) atoms. The van der Waals surface area contributed by atoms with Gasteiger partial charge in [0.2, 0.25) is 11.8 Å². The topological polar surface area (TPSA) is 112 Å². The lowest BCUT2D eigenvalue weighted by Gasteiger charge is -2.32. The van der Waals surface area contributed by atoms with Crippen molar-refractivity contribution in [2.45, 2.75) is 30.5 Å². The summed E-state index contributed by atoms with van der Waals surface area (Å²) < 4.78 is 33.4. The molecular weight excluding hydrogens is 432 g/mol. The van der Waals surface area contributed by atoms with Crippen molar-refractivity contribution in [2.75, 3.05) is 32.8 Å². The number of aromatic nitrogens is 1. The van der Waals surface area contributed by atoms with Gasteiger partial charge in [0.25, 0.3) is 10.0 Å². The van der Waals surface area contributed by atoms with Crippen LogP contribution in [0.1, 0.15) is 13.3 Å². The third-order valence-electron chi connectivity index (χ3n) is 5.53. The smallest absolute Gasteiger partial charge is 0.256 e. The fourth-order valence-corrected chi connectivity index (χ4v) is 5.26. The molecule has 0 radical (unpaired) electrons. The van der Waals surface area contributed by atoms with E-state index in [-0.39, 0.29) is 10.9 Å². The van der Waals surface area contributed by atoms with Crippen LogP contribution in [0.15, 0.2) is 29.3 Å². The molecule has 0 saturated carbocycles. The lowest BCUT2D eigenvalue weighted by Crippen LogP contribution is -2.52. The molecule has 1 aromatic heterocycles.